The lowest BCUT2D eigenvalue weighted by molar-refractivity contribution is 0.670. The van der Waals surface area contributed by atoms with Gasteiger partial charge in [-0.25, -0.2) is 0 Å². The molecule has 0 fully saturated rings. The van der Waals surface area contributed by atoms with Crippen LogP contribution in [0.3, 0.4) is 0 Å². The van der Waals surface area contributed by atoms with E-state index in [-0.39, 0.29) is 0 Å². The van der Waals surface area contributed by atoms with Gasteiger partial charge in [-0.1, -0.05) is 69.2 Å². The topological polar surface area (TPSA) is 0 Å². The van der Waals surface area contributed by atoms with Gasteiger partial charge in [0.25, 0.3) is 0 Å². The monoisotopic (exact) mass is 244 g/mol. The van der Waals surface area contributed by atoms with Crippen LogP contribution in [0.4, 0.5) is 0 Å². The van der Waals surface area contributed by atoms with Crippen molar-refractivity contribution in [3.63, 3.8) is 0 Å². The van der Waals surface area contributed by atoms with Crippen LogP contribution in [0.15, 0.2) is 42.0 Å². The number of rotatable bonds is 3. The van der Waals surface area contributed by atoms with E-state index in [0.29, 0.717) is 5.92 Å². The highest BCUT2D eigenvalue weighted by Crippen LogP contribution is 2.33. The van der Waals surface area contributed by atoms with E-state index >= 15 is 0 Å². The molecule has 0 saturated carbocycles. The van der Waals surface area contributed by atoms with Gasteiger partial charge < -0.3 is 0 Å². The quantitative estimate of drug-likeness (QED) is 0.564. The molecule has 0 amide bonds. The fourth-order valence-electron chi connectivity index (χ4n) is 2.75. The van der Waals surface area contributed by atoms with Crippen molar-refractivity contribution in [3.8, 4) is 0 Å². The smallest absolute Gasteiger partial charge is 0.00455 e. The third-order valence-corrected chi connectivity index (χ3v) is 3.63. The lowest BCUT2D eigenvalue weighted by Gasteiger charge is -2.19. The van der Waals surface area contributed by atoms with Gasteiger partial charge in [-0.2, -0.15) is 0 Å². The summed E-state index contributed by atoms with van der Waals surface area (Å²) in [5.41, 5.74) is 3.18. The summed E-state index contributed by atoms with van der Waals surface area (Å²) < 4.78 is 0. The first-order chi connectivity index (χ1) is 8.92. The van der Waals surface area contributed by atoms with Crippen molar-refractivity contribution in [2.24, 2.45) is 0 Å². The van der Waals surface area contributed by atoms with Crippen molar-refractivity contribution in [2.45, 2.75) is 65.2 Å². The molecule has 100 valence electrons. The van der Waals surface area contributed by atoms with Crippen LogP contribution in [0.2, 0.25) is 0 Å². The number of benzene rings is 1. The normalized spacial score (nSPS) is 16.9. The molecule has 0 nitrogen and oxygen atoms in total. The van der Waals surface area contributed by atoms with Crippen molar-refractivity contribution in [1.82, 2.24) is 0 Å². The average molecular weight is 244 g/mol. The van der Waals surface area contributed by atoms with Gasteiger partial charge in [0.1, 0.15) is 0 Å². The van der Waals surface area contributed by atoms with Gasteiger partial charge in [0.15, 0.2) is 0 Å². The van der Waals surface area contributed by atoms with Gasteiger partial charge in [0, 0.05) is 5.92 Å². The molecule has 0 aromatic heterocycles. The van der Waals surface area contributed by atoms with Crippen molar-refractivity contribution in [1.29, 1.82) is 0 Å². The molecule has 0 saturated heterocycles. The largest absolute Gasteiger partial charge is 0.0847 e. The maximum atomic E-state index is 2.51. The molecular weight excluding hydrogens is 216 g/mol. The van der Waals surface area contributed by atoms with Crippen LogP contribution < -0.4 is 0 Å². The summed E-state index contributed by atoms with van der Waals surface area (Å²) in [6, 6.07) is 11.0. The van der Waals surface area contributed by atoms with Crippen LogP contribution in [-0.4, -0.2) is 0 Å². The molecule has 0 radical (unpaired) electrons. The Labute approximate surface area is 113 Å². The second kappa shape index (κ2) is 8.97. The molecule has 1 aliphatic carbocycles. The van der Waals surface area contributed by atoms with E-state index in [1.807, 2.05) is 13.8 Å². The molecule has 0 heterocycles. The van der Waals surface area contributed by atoms with Crippen molar-refractivity contribution in [2.75, 3.05) is 0 Å². The van der Waals surface area contributed by atoms with E-state index in [4.69, 9.17) is 0 Å². The Balaban J connectivity index is 0.000000771. The fraction of sp³-hybridized carbons (Fsp3) is 0.556. The predicted octanol–water partition coefficient (Wildman–Crippen LogP) is 6.10. The van der Waals surface area contributed by atoms with Crippen LogP contribution in [0.25, 0.3) is 0 Å². The van der Waals surface area contributed by atoms with E-state index in [2.05, 4.69) is 43.3 Å². The first kappa shape index (κ1) is 15.0. The Bertz CT molecular complexity index is 334. The van der Waals surface area contributed by atoms with E-state index in [0.717, 1.165) is 0 Å². The zero-order valence-corrected chi connectivity index (χ0v) is 12.3. The average Bonchev–Trinajstić information content (AvgIpc) is 2.72. The lowest BCUT2D eigenvalue weighted by Crippen LogP contribution is -2.01. The summed E-state index contributed by atoms with van der Waals surface area (Å²) in [6.07, 6.45) is 10.5. The zero-order valence-electron chi connectivity index (χ0n) is 12.3. The van der Waals surface area contributed by atoms with E-state index < -0.39 is 0 Å². The lowest BCUT2D eigenvalue weighted by atomic mass is 9.86. The summed E-state index contributed by atoms with van der Waals surface area (Å²) in [4.78, 5) is 0. The summed E-state index contributed by atoms with van der Waals surface area (Å²) in [5, 5.41) is 0. The molecule has 0 aliphatic heterocycles. The molecule has 0 bridgehead atoms. The van der Waals surface area contributed by atoms with Gasteiger partial charge in [0.2, 0.25) is 0 Å². The van der Waals surface area contributed by atoms with E-state index in [1.54, 1.807) is 5.57 Å². The Morgan fingerprint density at radius 3 is 2.39 bits per heavy atom. The van der Waals surface area contributed by atoms with Crippen LogP contribution >= 0.6 is 0 Å². The highest BCUT2D eigenvalue weighted by Gasteiger charge is 2.15. The standard InChI is InChI=1S/C16H22.C2H6/c1-2-16(15-12-8-5-9-13-15)14-10-6-3-4-7-11-14;1-2/h5,8-10,12-13,16H,2-4,6-7,11H2,1H3;1-2H3. The minimum atomic E-state index is 0.666. The van der Waals surface area contributed by atoms with Gasteiger partial charge in [-0.15, -0.1) is 0 Å². The van der Waals surface area contributed by atoms with Gasteiger partial charge >= 0.3 is 0 Å². The second-order valence-electron chi connectivity index (χ2n) is 4.75. The maximum absolute atomic E-state index is 2.51. The first-order valence-corrected chi connectivity index (χ1v) is 7.65. The number of allylic oxidation sites excluding steroid dienone is 2. The first-order valence-electron chi connectivity index (χ1n) is 7.65. The van der Waals surface area contributed by atoms with Gasteiger partial charge in [0.05, 0.1) is 0 Å². The van der Waals surface area contributed by atoms with E-state index in [9.17, 15) is 0 Å². The molecule has 18 heavy (non-hydrogen) atoms. The molecule has 1 aliphatic rings. The van der Waals surface area contributed by atoms with Crippen LogP contribution in [0.1, 0.15) is 70.8 Å². The molecule has 0 spiro atoms. The highest BCUT2D eigenvalue weighted by molar-refractivity contribution is 5.29. The summed E-state index contributed by atoms with van der Waals surface area (Å²) in [5.74, 6) is 0.666. The third kappa shape index (κ3) is 4.33. The minimum Gasteiger partial charge on any atom is -0.0847 e. The third-order valence-electron chi connectivity index (χ3n) is 3.63. The zero-order chi connectivity index (χ0) is 13.2. The van der Waals surface area contributed by atoms with Crippen molar-refractivity contribution < 1.29 is 0 Å². The van der Waals surface area contributed by atoms with Crippen LogP contribution in [-0.2, 0) is 0 Å². The van der Waals surface area contributed by atoms with Gasteiger partial charge in [-0.3, -0.25) is 0 Å². The Kier molecular flexibility index (Phi) is 7.48. The van der Waals surface area contributed by atoms with E-state index in [1.165, 1.54) is 44.1 Å². The van der Waals surface area contributed by atoms with Crippen molar-refractivity contribution in [3.05, 3.63) is 47.5 Å². The molecule has 0 N–H and O–H groups in total. The molecule has 2 rings (SSSR count). The summed E-state index contributed by atoms with van der Waals surface area (Å²) >= 11 is 0. The maximum Gasteiger partial charge on any atom is 0.00455 e. The van der Waals surface area contributed by atoms with Gasteiger partial charge in [-0.05, 0) is 37.7 Å². The fourth-order valence-corrected chi connectivity index (χ4v) is 2.75. The molecule has 1 unspecified atom stereocenters. The molecular formula is C18H28. The molecule has 0 heteroatoms. The van der Waals surface area contributed by atoms with Crippen LogP contribution in [0.5, 0.6) is 0 Å². The van der Waals surface area contributed by atoms with Crippen molar-refractivity contribution >= 4 is 0 Å². The molecule has 1 aromatic rings. The SMILES string of the molecule is CC.CCC(C1=CCCCCC1)c1ccccc1. The molecule has 1 atom stereocenters. The summed E-state index contributed by atoms with van der Waals surface area (Å²) in [6.45, 7) is 6.31. The highest BCUT2D eigenvalue weighted by atomic mass is 14.2. The number of hydrogen-bond donors (Lipinski definition) is 0. The predicted molar refractivity (Wildman–Crippen MR) is 82.0 cm³/mol. The van der Waals surface area contributed by atoms with Crippen LogP contribution in [0, 0.1) is 0 Å². The Morgan fingerprint density at radius 2 is 1.72 bits per heavy atom. The summed E-state index contributed by atoms with van der Waals surface area (Å²) in [7, 11) is 0. The minimum absolute atomic E-state index is 0.666. The Hall–Kier alpha value is -1.04. The Morgan fingerprint density at radius 1 is 1.00 bits per heavy atom. The number of hydrogen-bond acceptors (Lipinski definition) is 0. The second-order valence-corrected chi connectivity index (χ2v) is 4.75. The molecule has 1 aromatic carbocycles.